The van der Waals surface area contributed by atoms with E-state index < -0.39 is 10.0 Å². The number of rotatable bonds is 4. The van der Waals surface area contributed by atoms with E-state index in [0.29, 0.717) is 22.8 Å². The van der Waals surface area contributed by atoms with E-state index in [0.717, 1.165) is 19.4 Å². The molecule has 6 heteroatoms. The van der Waals surface area contributed by atoms with Gasteiger partial charge in [0.1, 0.15) is 5.84 Å². The highest BCUT2D eigenvalue weighted by Gasteiger charge is 2.36. The third-order valence-corrected chi connectivity index (χ3v) is 5.95. The van der Waals surface area contributed by atoms with Crippen LogP contribution in [-0.4, -0.2) is 46.3 Å². The van der Waals surface area contributed by atoms with Gasteiger partial charge in [0.25, 0.3) is 10.0 Å². The van der Waals surface area contributed by atoms with E-state index in [1.165, 1.54) is 12.8 Å². The summed E-state index contributed by atoms with van der Waals surface area (Å²) in [6, 6.07) is 7.04. The van der Waals surface area contributed by atoms with E-state index >= 15 is 0 Å². The zero-order chi connectivity index (χ0) is 15.8. The Balaban J connectivity index is 1.87. The summed E-state index contributed by atoms with van der Waals surface area (Å²) in [4.78, 5) is 7.21. The first-order valence-corrected chi connectivity index (χ1v) is 9.22. The zero-order valence-electron chi connectivity index (χ0n) is 13.2. The molecule has 5 nitrogen and oxygen atoms in total. The fourth-order valence-electron chi connectivity index (χ4n) is 3.66. The molecule has 0 spiro atoms. The minimum absolute atomic E-state index is 0.180. The van der Waals surface area contributed by atoms with Crippen molar-refractivity contribution in [2.45, 2.75) is 30.6 Å². The van der Waals surface area contributed by atoms with Gasteiger partial charge in [-0.3, -0.25) is 9.71 Å². The Bertz CT molecular complexity index is 689. The van der Waals surface area contributed by atoms with Gasteiger partial charge < -0.3 is 4.90 Å². The Morgan fingerprint density at radius 2 is 1.91 bits per heavy atom. The number of nitrogens with one attached hydrogen (secondary N) is 1. The predicted molar refractivity (Wildman–Crippen MR) is 87.6 cm³/mol. The Kier molecular flexibility index (Phi) is 3.99. The molecule has 0 radical (unpaired) electrons. The van der Waals surface area contributed by atoms with Crippen molar-refractivity contribution in [1.82, 2.24) is 9.62 Å². The average molecular weight is 321 g/mol. The first-order valence-electron chi connectivity index (χ1n) is 7.73. The number of hydrogen-bond donors (Lipinski definition) is 1. The SMILES string of the molecule is CN(C)CC1(CN=C2NS(=O)(=O)c3ccccc32)CCCC1. The number of fused-ring (bicyclic) bond motifs is 1. The monoisotopic (exact) mass is 321 g/mol. The van der Waals surface area contributed by atoms with Crippen molar-refractivity contribution in [2.75, 3.05) is 27.2 Å². The largest absolute Gasteiger partial charge is 0.309 e. The summed E-state index contributed by atoms with van der Waals surface area (Å²) >= 11 is 0. The van der Waals surface area contributed by atoms with Crippen LogP contribution in [0.15, 0.2) is 34.2 Å². The molecule has 1 N–H and O–H groups in total. The minimum atomic E-state index is -3.43. The highest BCUT2D eigenvalue weighted by Crippen LogP contribution is 2.39. The molecule has 1 heterocycles. The Morgan fingerprint density at radius 3 is 2.59 bits per heavy atom. The molecule has 2 aliphatic rings. The van der Waals surface area contributed by atoms with Gasteiger partial charge in [-0.05, 0) is 39.1 Å². The zero-order valence-corrected chi connectivity index (χ0v) is 14.0. The van der Waals surface area contributed by atoms with Crippen molar-refractivity contribution in [2.24, 2.45) is 10.4 Å². The molecular weight excluding hydrogens is 298 g/mol. The molecule has 0 atom stereocenters. The number of aliphatic imine (C=N–C) groups is 1. The molecule has 0 bridgehead atoms. The van der Waals surface area contributed by atoms with Crippen LogP contribution in [0.5, 0.6) is 0 Å². The molecule has 1 aromatic carbocycles. The Hall–Kier alpha value is -1.40. The number of hydrogen-bond acceptors (Lipinski definition) is 4. The van der Waals surface area contributed by atoms with Gasteiger partial charge in [-0.25, -0.2) is 8.42 Å². The van der Waals surface area contributed by atoms with Crippen LogP contribution < -0.4 is 4.72 Å². The summed E-state index contributed by atoms with van der Waals surface area (Å²) < 4.78 is 26.8. The molecule has 1 aliphatic heterocycles. The van der Waals surface area contributed by atoms with Gasteiger partial charge in [0.15, 0.2) is 0 Å². The van der Waals surface area contributed by atoms with Crippen molar-refractivity contribution in [3.63, 3.8) is 0 Å². The highest BCUT2D eigenvalue weighted by molar-refractivity contribution is 7.90. The van der Waals surface area contributed by atoms with Crippen LogP contribution in [-0.2, 0) is 10.0 Å². The molecule has 3 rings (SSSR count). The molecule has 0 saturated heterocycles. The quantitative estimate of drug-likeness (QED) is 0.920. The fraction of sp³-hybridized carbons (Fsp3) is 0.562. The maximum Gasteiger partial charge on any atom is 0.263 e. The fourth-order valence-corrected chi connectivity index (χ4v) is 4.91. The van der Waals surface area contributed by atoms with Crippen LogP contribution in [0.25, 0.3) is 0 Å². The van der Waals surface area contributed by atoms with Gasteiger partial charge in [0.2, 0.25) is 0 Å². The lowest BCUT2D eigenvalue weighted by molar-refractivity contribution is 0.210. The third-order valence-electron chi connectivity index (χ3n) is 4.55. The number of nitrogens with zero attached hydrogens (tertiary/aromatic N) is 2. The third kappa shape index (κ3) is 2.90. The van der Waals surface area contributed by atoms with E-state index in [2.05, 4.69) is 28.7 Å². The van der Waals surface area contributed by atoms with Crippen LogP contribution in [0.2, 0.25) is 0 Å². The van der Waals surface area contributed by atoms with Crippen LogP contribution >= 0.6 is 0 Å². The van der Waals surface area contributed by atoms with Gasteiger partial charge in [-0.1, -0.05) is 25.0 Å². The molecule has 1 fully saturated rings. The average Bonchev–Trinajstić information content (AvgIpc) is 3.00. The van der Waals surface area contributed by atoms with Gasteiger partial charge in [0, 0.05) is 24.1 Å². The lowest BCUT2D eigenvalue weighted by Gasteiger charge is -2.30. The van der Waals surface area contributed by atoms with Crippen molar-refractivity contribution in [3.8, 4) is 0 Å². The van der Waals surface area contributed by atoms with Crippen molar-refractivity contribution in [1.29, 1.82) is 0 Å². The Morgan fingerprint density at radius 1 is 1.23 bits per heavy atom. The summed E-state index contributed by atoms with van der Waals surface area (Å²) in [7, 11) is 0.734. The molecule has 0 amide bonds. The smallest absolute Gasteiger partial charge is 0.263 e. The lowest BCUT2D eigenvalue weighted by atomic mass is 9.86. The van der Waals surface area contributed by atoms with E-state index in [-0.39, 0.29) is 5.41 Å². The van der Waals surface area contributed by atoms with Gasteiger partial charge in [-0.15, -0.1) is 0 Å². The molecule has 1 aromatic rings. The topological polar surface area (TPSA) is 61.8 Å². The Labute approximate surface area is 132 Å². The summed E-state index contributed by atoms with van der Waals surface area (Å²) in [6.45, 7) is 1.68. The molecule has 120 valence electrons. The van der Waals surface area contributed by atoms with E-state index in [1.807, 2.05) is 12.1 Å². The number of benzene rings is 1. The van der Waals surface area contributed by atoms with Crippen LogP contribution in [0.3, 0.4) is 0 Å². The molecule has 1 aliphatic carbocycles. The first kappa shape index (κ1) is 15.5. The van der Waals surface area contributed by atoms with Crippen LogP contribution in [0.4, 0.5) is 0 Å². The summed E-state index contributed by atoms with van der Waals surface area (Å²) in [5.41, 5.74) is 0.875. The number of sulfonamides is 1. The molecule has 22 heavy (non-hydrogen) atoms. The van der Waals surface area contributed by atoms with E-state index in [9.17, 15) is 8.42 Å². The summed E-state index contributed by atoms with van der Waals surface area (Å²) in [5.74, 6) is 0.501. The van der Waals surface area contributed by atoms with Crippen molar-refractivity contribution < 1.29 is 8.42 Å². The maximum absolute atomic E-state index is 12.1. The summed E-state index contributed by atoms with van der Waals surface area (Å²) in [6.07, 6.45) is 4.80. The molecular formula is C16H23N3O2S. The predicted octanol–water partition coefficient (Wildman–Crippen LogP) is 1.85. The summed E-state index contributed by atoms with van der Waals surface area (Å²) in [5, 5.41) is 0. The second-order valence-corrected chi connectivity index (χ2v) is 8.36. The van der Waals surface area contributed by atoms with Crippen LogP contribution in [0.1, 0.15) is 31.2 Å². The molecule has 1 saturated carbocycles. The normalized spacial score (nSPS) is 23.7. The number of amidine groups is 1. The van der Waals surface area contributed by atoms with Gasteiger partial charge in [-0.2, -0.15) is 0 Å². The minimum Gasteiger partial charge on any atom is -0.309 e. The van der Waals surface area contributed by atoms with Crippen molar-refractivity contribution in [3.05, 3.63) is 29.8 Å². The van der Waals surface area contributed by atoms with Gasteiger partial charge >= 0.3 is 0 Å². The second-order valence-electron chi connectivity index (χ2n) is 6.71. The lowest BCUT2D eigenvalue weighted by Crippen LogP contribution is -2.35. The first-order chi connectivity index (χ1) is 10.4. The van der Waals surface area contributed by atoms with Crippen molar-refractivity contribution >= 4 is 15.9 Å². The second kappa shape index (κ2) is 5.66. The highest BCUT2D eigenvalue weighted by atomic mass is 32.2. The maximum atomic E-state index is 12.1. The van der Waals surface area contributed by atoms with Crippen LogP contribution in [0, 0.1) is 5.41 Å². The molecule has 0 unspecified atom stereocenters. The van der Waals surface area contributed by atoms with E-state index in [1.54, 1.807) is 12.1 Å². The van der Waals surface area contributed by atoms with E-state index in [4.69, 9.17) is 0 Å². The standard InChI is InChI=1S/C16H23N3O2S/c1-19(2)12-16(9-5-6-10-16)11-17-15-13-7-3-4-8-14(13)22(20,21)18-15/h3-4,7-8H,5-6,9-12H2,1-2H3,(H,17,18). The molecule has 0 aromatic heterocycles. The van der Waals surface area contributed by atoms with Gasteiger partial charge in [0.05, 0.1) is 4.90 Å².